The molecule has 114 valence electrons. The first-order valence-electron chi connectivity index (χ1n) is 8.42. The highest BCUT2D eigenvalue weighted by molar-refractivity contribution is 5.88. The Morgan fingerprint density at radius 1 is 1.00 bits per heavy atom. The predicted octanol–water partition coefficient (Wildman–Crippen LogP) is 1.95. The molecule has 3 fully saturated rings. The van der Waals surface area contributed by atoms with E-state index in [4.69, 9.17) is 0 Å². The van der Waals surface area contributed by atoms with Crippen molar-refractivity contribution in [3.8, 4) is 0 Å². The van der Waals surface area contributed by atoms with Gasteiger partial charge < -0.3 is 4.90 Å². The highest BCUT2D eigenvalue weighted by Gasteiger charge is 2.42. The fraction of sp³-hybridized carbons (Fsp3) is 0.588. The van der Waals surface area contributed by atoms with Gasteiger partial charge in [0, 0.05) is 43.8 Å². The first kappa shape index (κ1) is 12.8. The summed E-state index contributed by atoms with van der Waals surface area (Å²) >= 11 is 0. The van der Waals surface area contributed by atoms with E-state index in [2.05, 4.69) is 24.8 Å². The van der Waals surface area contributed by atoms with Crippen molar-refractivity contribution in [2.45, 2.75) is 25.3 Å². The summed E-state index contributed by atoms with van der Waals surface area (Å²) in [5.41, 5.74) is 0.937. The Kier molecular flexibility index (Phi) is 2.83. The summed E-state index contributed by atoms with van der Waals surface area (Å²) in [6, 6.07) is 2.75. The molecule has 5 nitrogen and oxygen atoms in total. The number of nitrogens with zero attached hydrogens (tertiary/aromatic N) is 5. The van der Waals surface area contributed by atoms with Gasteiger partial charge in [0.1, 0.15) is 12.1 Å². The molecule has 0 N–H and O–H groups in total. The third-order valence-corrected chi connectivity index (χ3v) is 5.85. The Hall–Kier alpha value is -1.75. The van der Waals surface area contributed by atoms with Crippen molar-refractivity contribution in [2.75, 3.05) is 31.1 Å². The maximum Gasteiger partial charge on any atom is 0.140 e. The van der Waals surface area contributed by atoms with Crippen molar-refractivity contribution in [1.82, 2.24) is 19.9 Å². The predicted molar refractivity (Wildman–Crippen MR) is 85.7 cm³/mol. The van der Waals surface area contributed by atoms with Gasteiger partial charge in [0.05, 0.1) is 11.7 Å². The van der Waals surface area contributed by atoms with E-state index < -0.39 is 0 Å². The molecule has 0 aromatic carbocycles. The number of rotatable bonds is 2. The summed E-state index contributed by atoms with van der Waals surface area (Å²) in [4.78, 5) is 18.1. The van der Waals surface area contributed by atoms with Crippen molar-refractivity contribution in [1.29, 1.82) is 0 Å². The molecule has 2 unspecified atom stereocenters. The average Bonchev–Trinajstić information content (AvgIpc) is 3.07. The van der Waals surface area contributed by atoms with Crippen LogP contribution < -0.4 is 4.90 Å². The molecule has 1 saturated carbocycles. The maximum atomic E-state index is 4.52. The molecule has 5 heteroatoms. The number of hydrogen-bond donors (Lipinski definition) is 0. The van der Waals surface area contributed by atoms with Crippen LogP contribution in [0.25, 0.3) is 10.9 Å². The molecule has 5 rings (SSSR count). The lowest BCUT2D eigenvalue weighted by Crippen LogP contribution is -2.59. The lowest BCUT2D eigenvalue weighted by atomic mass is 10.0. The summed E-state index contributed by atoms with van der Waals surface area (Å²) in [7, 11) is 0. The molecule has 0 bridgehead atoms. The Morgan fingerprint density at radius 2 is 1.82 bits per heavy atom. The lowest BCUT2D eigenvalue weighted by Gasteiger charge is -2.45. The standard InChI is InChI=1S/C17H21N5/c1-2-12-7-21(8-13(12)3-1)14-9-22(10-14)17-15-4-5-18-6-16(15)19-11-20-17/h4-6,11-14H,1-3,7-10H2. The van der Waals surface area contributed by atoms with Crippen LogP contribution in [0.3, 0.4) is 0 Å². The van der Waals surface area contributed by atoms with Gasteiger partial charge in [-0.3, -0.25) is 9.88 Å². The van der Waals surface area contributed by atoms with Crippen LogP contribution >= 0.6 is 0 Å². The zero-order chi connectivity index (χ0) is 14.5. The third-order valence-electron chi connectivity index (χ3n) is 5.85. The summed E-state index contributed by atoms with van der Waals surface area (Å²) < 4.78 is 0. The van der Waals surface area contributed by atoms with E-state index in [0.717, 1.165) is 47.7 Å². The molecular weight excluding hydrogens is 274 g/mol. The Balaban J connectivity index is 1.31. The number of fused-ring (bicyclic) bond motifs is 2. The molecule has 0 amide bonds. The zero-order valence-electron chi connectivity index (χ0n) is 12.7. The van der Waals surface area contributed by atoms with Gasteiger partial charge in [0.2, 0.25) is 0 Å². The normalized spacial score (nSPS) is 29.0. The van der Waals surface area contributed by atoms with Crippen molar-refractivity contribution in [3.63, 3.8) is 0 Å². The lowest BCUT2D eigenvalue weighted by molar-refractivity contribution is 0.190. The van der Waals surface area contributed by atoms with E-state index in [9.17, 15) is 0 Å². The summed E-state index contributed by atoms with van der Waals surface area (Å²) in [6.45, 7) is 4.87. The van der Waals surface area contributed by atoms with E-state index in [0.29, 0.717) is 0 Å². The molecule has 0 radical (unpaired) electrons. The van der Waals surface area contributed by atoms with E-state index in [-0.39, 0.29) is 0 Å². The van der Waals surface area contributed by atoms with Crippen molar-refractivity contribution >= 4 is 16.7 Å². The first-order chi connectivity index (χ1) is 10.9. The first-order valence-corrected chi connectivity index (χ1v) is 8.42. The van der Waals surface area contributed by atoms with Crippen molar-refractivity contribution in [3.05, 3.63) is 24.8 Å². The van der Waals surface area contributed by atoms with Crippen LogP contribution in [0.4, 0.5) is 5.82 Å². The summed E-state index contributed by atoms with van der Waals surface area (Å²) in [5.74, 6) is 3.04. The average molecular weight is 295 g/mol. The fourth-order valence-corrected chi connectivity index (χ4v) is 4.57. The Bertz CT molecular complexity index is 679. The number of likely N-dealkylation sites (tertiary alicyclic amines) is 1. The minimum Gasteiger partial charge on any atom is -0.353 e. The maximum absolute atomic E-state index is 4.52. The molecule has 22 heavy (non-hydrogen) atoms. The molecule has 3 aliphatic rings. The minimum absolute atomic E-state index is 0.720. The Morgan fingerprint density at radius 3 is 2.64 bits per heavy atom. The number of hydrogen-bond acceptors (Lipinski definition) is 5. The topological polar surface area (TPSA) is 45.2 Å². The highest BCUT2D eigenvalue weighted by atomic mass is 15.3. The van der Waals surface area contributed by atoms with Crippen LogP contribution in [-0.2, 0) is 0 Å². The second-order valence-electron chi connectivity index (χ2n) is 7.05. The number of aromatic nitrogens is 3. The second kappa shape index (κ2) is 4.88. The van der Waals surface area contributed by atoms with Gasteiger partial charge in [0.15, 0.2) is 0 Å². The SMILES string of the molecule is c1cc2c(N3CC(N4CC5CCCC5C4)C3)ncnc2cn1. The van der Waals surface area contributed by atoms with Crippen molar-refractivity contribution in [2.24, 2.45) is 11.8 Å². The van der Waals surface area contributed by atoms with Crippen LogP contribution in [0, 0.1) is 11.8 Å². The van der Waals surface area contributed by atoms with Crippen LogP contribution in [0.15, 0.2) is 24.8 Å². The van der Waals surface area contributed by atoms with Gasteiger partial charge in [-0.2, -0.15) is 0 Å². The van der Waals surface area contributed by atoms with Gasteiger partial charge >= 0.3 is 0 Å². The highest BCUT2D eigenvalue weighted by Crippen LogP contribution is 2.40. The van der Waals surface area contributed by atoms with Gasteiger partial charge in [0.25, 0.3) is 0 Å². The largest absolute Gasteiger partial charge is 0.353 e. The molecule has 2 aromatic heterocycles. The molecule has 1 aliphatic carbocycles. The van der Waals surface area contributed by atoms with E-state index in [1.54, 1.807) is 6.33 Å². The van der Waals surface area contributed by atoms with Crippen LogP contribution in [0.5, 0.6) is 0 Å². The number of pyridine rings is 1. The summed E-state index contributed by atoms with van der Waals surface area (Å²) in [6.07, 6.45) is 9.68. The van der Waals surface area contributed by atoms with Gasteiger partial charge in [-0.15, -0.1) is 0 Å². The molecule has 2 saturated heterocycles. The van der Waals surface area contributed by atoms with Gasteiger partial charge in [-0.05, 0) is 30.7 Å². The molecule has 2 atom stereocenters. The monoisotopic (exact) mass is 295 g/mol. The van der Waals surface area contributed by atoms with Crippen LogP contribution in [-0.4, -0.2) is 52.1 Å². The van der Waals surface area contributed by atoms with Gasteiger partial charge in [-0.25, -0.2) is 9.97 Å². The molecule has 4 heterocycles. The quantitative estimate of drug-likeness (QED) is 0.847. The molecule has 0 spiro atoms. The van der Waals surface area contributed by atoms with Gasteiger partial charge in [-0.1, -0.05) is 6.42 Å². The fourth-order valence-electron chi connectivity index (χ4n) is 4.57. The molecular formula is C17H21N5. The van der Waals surface area contributed by atoms with E-state index in [1.165, 1.54) is 32.4 Å². The minimum atomic E-state index is 0.720. The second-order valence-corrected chi connectivity index (χ2v) is 7.05. The van der Waals surface area contributed by atoms with E-state index in [1.807, 2.05) is 18.5 Å². The van der Waals surface area contributed by atoms with E-state index >= 15 is 0 Å². The number of anilines is 1. The van der Waals surface area contributed by atoms with Crippen LogP contribution in [0.1, 0.15) is 19.3 Å². The van der Waals surface area contributed by atoms with Crippen molar-refractivity contribution < 1.29 is 0 Å². The summed E-state index contributed by atoms with van der Waals surface area (Å²) in [5, 5.41) is 1.12. The third kappa shape index (κ3) is 1.92. The van der Waals surface area contributed by atoms with Crippen LogP contribution in [0.2, 0.25) is 0 Å². The Labute approximate surface area is 130 Å². The smallest absolute Gasteiger partial charge is 0.140 e. The zero-order valence-corrected chi connectivity index (χ0v) is 12.7. The molecule has 2 aliphatic heterocycles. The molecule has 2 aromatic rings.